The van der Waals surface area contributed by atoms with Crippen LogP contribution < -0.4 is 4.74 Å². The quantitative estimate of drug-likeness (QED) is 0.782. The van der Waals surface area contributed by atoms with Crippen LogP contribution in [0, 0.1) is 11.3 Å². The van der Waals surface area contributed by atoms with Gasteiger partial charge in [-0.15, -0.1) is 11.6 Å². The number of halogens is 1. The molecule has 1 aromatic carbocycles. The summed E-state index contributed by atoms with van der Waals surface area (Å²) in [6.07, 6.45) is 4.47. The number of hydrogen-bond donors (Lipinski definition) is 0. The summed E-state index contributed by atoms with van der Waals surface area (Å²) >= 11 is 5.74. The lowest BCUT2D eigenvalue weighted by Crippen LogP contribution is -1.95. The number of nitriles is 1. The van der Waals surface area contributed by atoms with E-state index in [0.717, 1.165) is 18.5 Å². The van der Waals surface area contributed by atoms with Crippen molar-refractivity contribution in [2.75, 3.05) is 0 Å². The summed E-state index contributed by atoms with van der Waals surface area (Å²) in [5.41, 5.74) is 1.37. The molecule has 0 aliphatic carbocycles. The van der Waals surface area contributed by atoms with Gasteiger partial charge in [0.15, 0.2) is 5.75 Å². The molecule has 0 amide bonds. The molecule has 0 bridgehead atoms. The fraction of sp³-hybridized carbons (Fsp3) is 0.286. The summed E-state index contributed by atoms with van der Waals surface area (Å²) < 4.78 is 7.49. The van der Waals surface area contributed by atoms with Crippen LogP contribution in [-0.4, -0.2) is 9.78 Å². The molecule has 1 heterocycles. The van der Waals surface area contributed by atoms with E-state index < -0.39 is 0 Å². The summed E-state index contributed by atoms with van der Waals surface area (Å²) in [7, 11) is 0. The van der Waals surface area contributed by atoms with E-state index in [1.165, 1.54) is 0 Å². The molecule has 0 fully saturated rings. The molecule has 19 heavy (non-hydrogen) atoms. The van der Waals surface area contributed by atoms with Gasteiger partial charge in [-0.1, -0.05) is 13.0 Å². The van der Waals surface area contributed by atoms with Crippen LogP contribution in [0.3, 0.4) is 0 Å². The Hall–Kier alpha value is -1.99. The number of hydrogen-bond acceptors (Lipinski definition) is 3. The highest BCUT2D eigenvalue weighted by atomic mass is 35.5. The summed E-state index contributed by atoms with van der Waals surface area (Å²) in [5.74, 6) is 1.53. The Labute approximate surface area is 117 Å². The zero-order valence-corrected chi connectivity index (χ0v) is 11.4. The van der Waals surface area contributed by atoms with Gasteiger partial charge in [0.05, 0.1) is 18.0 Å². The van der Waals surface area contributed by atoms with Crippen LogP contribution in [0.5, 0.6) is 11.5 Å². The second-order valence-electron chi connectivity index (χ2n) is 4.12. The zero-order chi connectivity index (χ0) is 13.7. The Morgan fingerprint density at radius 3 is 3.00 bits per heavy atom. The number of aryl methyl sites for hydroxylation is 1. The third-order valence-electron chi connectivity index (χ3n) is 2.61. The van der Waals surface area contributed by atoms with Crippen LogP contribution in [0.2, 0.25) is 0 Å². The Kier molecular flexibility index (Phi) is 4.43. The summed E-state index contributed by atoms with van der Waals surface area (Å²) in [4.78, 5) is 0. The van der Waals surface area contributed by atoms with E-state index in [9.17, 15) is 0 Å². The van der Waals surface area contributed by atoms with Crippen LogP contribution >= 0.6 is 11.6 Å². The molecule has 4 nitrogen and oxygen atoms in total. The van der Waals surface area contributed by atoms with Crippen LogP contribution in [0.15, 0.2) is 30.6 Å². The Balaban J connectivity index is 2.20. The summed E-state index contributed by atoms with van der Waals surface area (Å²) in [5, 5.41) is 13.3. The van der Waals surface area contributed by atoms with Gasteiger partial charge in [0, 0.05) is 12.4 Å². The molecule has 1 aromatic heterocycles. The van der Waals surface area contributed by atoms with Crippen LogP contribution in [0.25, 0.3) is 0 Å². The molecule has 0 aliphatic heterocycles. The average molecular weight is 276 g/mol. The molecule has 2 rings (SSSR count). The second kappa shape index (κ2) is 6.26. The van der Waals surface area contributed by atoms with Crippen molar-refractivity contribution in [3.8, 4) is 17.6 Å². The van der Waals surface area contributed by atoms with Gasteiger partial charge in [-0.05, 0) is 24.1 Å². The van der Waals surface area contributed by atoms with E-state index >= 15 is 0 Å². The van der Waals surface area contributed by atoms with Gasteiger partial charge in [0.2, 0.25) is 0 Å². The largest absolute Gasteiger partial charge is 0.453 e. The Morgan fingerprint density at radius 1 is 1.47 bits per heavy atom. The van der Waals surface area contributed by atoms with Crippen LogP contribution in [-0.2, 0) is 12.4 Å². The molecule has 0 aliphatic rings. The lowest BCUT2D eigenvalue weighted by Gasteiger charge is -2.06. The number of nitrogens with zero attached hydrogens (tertiary/aromatic N) is 3. The minimum absolute atomic E-state index is 0.378. The molecule has 0 spiro atoms. The SMILES string of the molecule is CCCn1cc(Oc2ccc(CCl)cc2C#N)cn1. The molecular formula is C14H14ClN3O. The van der Waals surface area contributed by atoms with Gasteiger partial charge in [-0.25, -0.2) is 0 Å². The second-order valence-corrected chi connectivity index (χ2v) is 4.38. The number of aromatic nitrogens is 2. The number of ether oxygens (including phenoxy) is 1. The third-order valence-corrected chi connectivity index (χ3v) is 2.92. The van der Waals surface area contributed by atoms with Gasteiger partial charge in [0.1, 0.15) is 11.8 Å². The minimum Gasteiger partial charge on any atom is -0.453 e. The predicted molar refractivity (Wildman–Crippen MR) is 73.3 cm³/mol. The van der Waals surface area contributed by atoms with Crippen molar-refractivity contribution in [1.29, 1.82) is 5.26 Å². The van der Waals surface area contributed by atoms with Crippen LogP contribution in [0.1, 0.15) is 24.5 Å². The fourth-order valence-corrected chi connectivity index (χ4v) is 1.88. The zero-order valence-electron chi connectivity index (χ0n) is 10.6. The van der Waals surface area contributed by atoms with E-state index in [1.807, 2.05) is 16.9 Å². The average Bonchev–Trinajstić information content (AvgIpc) is 2.87. The third kappa shape index (κ3) is 3.27. The molecule has 2 aromatic rings. The fourth-order valence-electron chi connectivity index (χ4n) is 1.71. The van der Waals surface area contributed by atoms with Gasteiger partial charge in [0.25, 0.3) is 0 Å². The monoisotopic (exact) mass is 275 g/mol. The van der Waals surface area contributed by atoms with E-state index in [2.05, 4.69) is 18.1 Å². The van der Waals surface area contributed by atoms with Gasteiger partial charge in [-0.3, -0.25) is 4.68 Å². The normalized spacial score (nSPS) is 10.2. The Morgan fingerprint density at radius 2 is 2.32 bits per heavy atom. The first-order valence-corrected chi connectivity index (χ1v) is 6.59. The first-order chi connectivity index (χ1) is 9.26. The highest BCUT2D eigenvalue weighted by Crippen LogP contribution is 2.26. The highest BCUT2D eigenvalue weighted by molar-refractivity contribution is 6.17. The Bertz CT molecular complexity index is 601. The molecule has 0 saturated carbocycles. The smallest absolute Gasteiger partial charge is 0.165 e. The van der Waals surface area contributed by atoms with Gasteiger partial charge >= 0.3 is 0 Å². The number of rotatable bonds is 5. The standard InChI is InChI=1S/C14H14ClN3O/c1-2-5-18-10-13(9-17-18)19-14-4-3-11(7-15)6-12(14)8-16/h3-4,6,9-10H,2,5,7H2,1H3. The first-order valence-electron chi connectivity index (χ1n) is 6.06. The van der Waals surface area contributed by atoms with Crippen molar-refractivity contribution < 1.29 is 4.74 Å². The van der Waals surface area contributed by atoms with Crippen molar-refractivity contribution in [1.82, 2.24) is 9.78 Å². The van der Waals surface area contributed by atoms with E-state index in [4.69, 9.17) is 21.6 Å². The maximum absolute atomic E-state index is 9.11. The molecule has 0 radical (unpaired) electrons. The summed E-state index contributed by atoms with van der Waals surface area (Å²) in [6.45, 7) is 2.93. The van der Waals surface area contributed by atoms with Crippen LogP contribution in [0.4, 0.5) is 0 Å². The van der Waals surface area contributed by atoms with Crippen molar-refractivity contribution in [2.45, 2.75) is 25.8 Å². The van der Waals surface area contributed by atoms with Gasteiger partial charge < -0.3 is 4.74 Å². The first kappa shape index (κ1) is 13.4. The van der Waals surface area contributed by atoms with Crippen molar-refractivity contribution in [3.05, 3.63) is 41.7 Å². The van der Waals surface area contributed by atoms with Crippen molar-refractivity contribution >= 4 is 11.6 Å². The topological polar surface area (TPSA) is 50.8 Å². The van der Waals surface area contributed by atoms with E-state index in [1.54, 1.807) is 18.3 Å². The van der Waals surface area contributed by atoms with E-state index in [0.29, 0.717) is 22.9 Å². The molecule has 98 valence electrons. The molecule has 0 atom stereocenters. The molecule has 5 heteroatoms. The number of benzene rings is 1. The molecule has 0 unspecified atom stereocenters. The van der Waals surface area contributed by atoms with Crippen molar-refractivity contribution in [3.63, 3.8) is 0 Å². The molecule has 0 N–H and O–H groups in total. The molecule has 0 saturated heterocycles. The summed E-state index contributed by atoms with van der Waals surface area (Å²) in [6, 6.07) is 7.45. The lowest BCUT2D eigenvalue weighted by molar-refractivity contribution is 0.479. The van der Waals surface area contributed by atoms with Crippen molar-refractivity contribution in [2.24, 2.45) is 0 Å². The highest BCUT2D eigenvalue weighted by Gasteiger charge is 2.07. The number of alkyl halides is 1. The molecular weight excluding hydrogens is 262 g/mol. The lowest BCUT2D eigenvalue weighted by atomic mass is 10.1. The van der Waals surface area contributed by atoms with E-state index in [-0.39, 0.29) is 0 Å². The maximum atomic E-state index is 9.11. The minimum atomic E-state index is 0.378. The predicted octanol–water partition coefficient (Wildman–Crippen LogP) is 3.70. The van der Waals surface area contributed by atoms with Gasteiger partial charge in [-0.2, -0.15) is 10.4 Å². The maximum Gasteiger partial charge on any atom is 0.165 e.